The minimum atomic E-state index is -0.580. The van der Waals surface area contributed by atoms with Gasteiger partial charge in [-0.1, -0.05) is 41.9 Å². The lowest BCUT2D eigenvalue weighted by molar-refractivity contribution is -0.122. The van der Waals surface area contributed by atoms with Gasteiger partial charge in [0.05, 0.1) is 24.5 Å². The third-order valence-electron chi connectivity index (χ3n) is 6.21. The van der Waals surface area contributed by atoms with Crippen molar-refractivity contribution in [1.82, 2.24) is 20.0 Å². The zero-order chi connectivity index (χ0) is 26.4. The van der Waals surface area contributed by atoms with Crippen LogP contribution in [-0.4, -0.2) is 65.9 Å². The van der Waals surface area contributed by atoms with Gasteiger partial charge in [0.25, 0.3) is 5.56 Å². The highest BCUT2D eigenvalue weighted by atomic mass is 35.5. The summed E-state index contributed by atoms with van der Waals surface area (Å²) in [6.07, 6.45) is 0. The van der Waals surface area contributed by atoms with Crippen molar-refractivity contribution in [1.29, 1.82) is 0 Å². The van der Waals surface area contributed by atoms with E-state index >= 15 is 0 Å². The fourth-order valence-electron chi connectivity index (χ4n) is 4.22. The first-order chi connectivity index (χ1) is 17.9. The number of piperazine rings is 1. The number of esters is 1. The fraction of sp³-hybridized carbons (Fsp3) is 0.333. The Morgan fingerprint density at radius 3 is 2.41 bits per heavy atom. The highest BCUT2D eigenvalue weighted by Gasteiger charge is 2.26. The van der Waals surface area contributed by atoms with Gasteiger partial charge in [0.2, 0.25) is 5.91 Å². The summed E-state index contributed by atoms with van der Waals surface area (Å²) in [5.41, 5.74) is 2.66. The molecule has 194 valence electrons. The number of carbonyl (C=O) groups is 2. The molecular formula is C27H30ClN5O4. The molecule has 3 aromatic rings. The van der Waals surface area contributed by atoms with Gasteiger partial charge in [0, 0.05) is 43.8 Å². The minimum Gasteiger partial charge on any atom is -0.461 e. The summed E-state index contributed by atoms with van der Waals surface area (Å²) in [5.74, 6) is -0.651. The van der Waals surface area contributed by atoms with Crippen LogP contribution < -0.4 is 15.8 Å². The van der Waals surface area contributed by atoms with E-state index in [1.807, 2.05) is 47.1 Å². The van der Waals surface area contributed by atoms with Gasteiger partial charge in [-0.25, -0.2) is 4.79 Å². The lowest BCUT2D eigenvalue weighted by Crippen LogP contribution is -2.50. The van der Waals surface area contributed by atoms with Gasteiger partial charge < -0.3 is 15.0 Å². The third kappa shape index (κ3) is 6.55. The molecule has 1 amide bonds. The normalized spacial score (nSPS) is 13.9. The van der Waals surface area contributed by atoms with E-state index in [1.165, 1.54) is 10.7 Å². The Balaban J connectivity index is 1.44. The van der Waals surface area contributed by atoms with Crippen molar-refractivity contribution in [2.24, 2.45) is 0 Å². The van der Waals surface area contributed by atoms with Crippen molar-refractivity contribution in [3.63, 3.8) is 0 Å². The number of carbonyl (C=O) groups excluding carboxylic acids is 2. The Morgan fingerprint density at radius 2 is 1.73 bits per heavy atom. The topological polar surface area (TPSA) is 96.8 Å². The smallest absolute Gasteiger partial charge is 0.360 e. The van der Waals surface area contributed by atoms with Gasteiger partial charge in [-0.05, 0) is 43.2 Å². The molecule has 9 nitrogen and oxygen atoms in total. The van der Waals surface area contributed by atoms with Crippen molar-refractivity contribution in [3.8, 4) is 5.69 Å². The second-order valence-corrected chi connectivity index (χ2v) is 9.24. The number of benzene rings is 2. The highest BCUT2D eigenvalue weighted by molar-refractivity contribution is 6.30. The Bertz CT molecular complexity index is 1320. The quantitative estimate of drug-likeness (QED) is 0.453. The fourth-order valence-corrected chi connectivity index (χ4v) is 4.34. The van der Waals surface area contributed by atoms with Crippen molar-refractivity contribution in [2.75, 3.05) is 44.2 Å². The number of anilines is 1. The maximum absolute atomic E-state index is 13.0. The molecule has 1 N–H and O–H groups in total. The molecule has 0 radical (unpaired) electrons. The Kier molecular flexibility index (Phi) is 8.58. The molecule has 0 bridgehead atoms. The molecule has 1 aliphatic rings. The maximum atomic E-state index is 13.0. The Morgan fingerprint density at radius 1 is 1.03 bits per heavy atom. The maximum Gasteiger partial charge on any atom is 0.360 e. The number of aromatic nitrogens is 2. The molecule has 4 rings (SSSR count). The van der Waals surface area contributed by atoms with Gasteiger partial charge in [-0.2, -0.15) is 9.78 Å². The number of amides is 1. The molecule has 2 heterocycles. The number of aryl methyl sites for hydroxylation is 1. The van der Waals surface area contributed by atoms with Gasteiger partial charge in [-0.15, -0.1) is 0 Å². The van der Waals surface area contributed by atoms with Crippen LogP contribution in [0, 0.1) is 6.92 Å². The van der Waals surface area contributed by atoms with Gasteiger partial charge in [0.15, 0.2) is 5.69 Å². The van der Waals surface area contributed by atoms with Crippen molar-refractivity contribution in [2.45, 2.75) is 20.4 Å². The second kappa shape index (κ2) is 12.0. The number of hydrogen-bond donors (Lipinski definition) is 1. The van der Waals surface area contributed by atoms with E-state index in [9.17, 15) is 14.4 Å². The predicted octanol–water partition coefficient (Wildman–Crippen LogP) is 2.81. The Labute approximate surface area is 220 Å². The van der Waals surface area contributed by atoms with Crippen molar-refractivity contribution >= 4 is 29.2 Å². The largest absolute Gasteiger partial charge is 0.461 e. The molecule has 1 saturated heterocycles. The first-order valence-electron chi connectivity index (χ1n) is 12.2. The zero-order valence-electron chi connectivity index (χ0n) is 20.9. The van der Waals surface area contributed by atoms with E-state index in [2.05, 4.69) is 10.4 Å². The molecule has 1 aromatic heterocycles. The van der Waals surface area contributed by atoms with E-state index < -0.39 is 5.97 Å². The summed E-state index contributed by atoms with van der Waals surface area (Å²) in [4.78, 5) is 42.3. The third-order valence-corrected chi connectivity index (χ3v) is 6.46. The SMILES string of the molecule is CCOC(=O)c1nn(-c2ccccc2C)c(=O)cc1N1CCN(CC(=O)NCc2ccc(Cl)cc2)CC1. The van der Waals surface area contributed by atoms with Crippen LogP contribution in [0.2, 0.25) is 5.02 Å². The van der Waals surface area contributed by atoms with Gasteiger partial charge in [0.1, 0.15) is 0 Å². The Hall–Kier alpha value is -3.69. The van der Waals surface area contributed by atoms with Gasteiger partial charge >= 0.3 is 5.97 Å². The molecule has 0 aliphatic carbocycles. The van der Waals surface area contributed by atoms with Crippen LogP contribution in [0.3, 0.4) is 0 Å². The summed E-state index contributed by atoms with van der Waals surface area (Å²) >= 11 is 5.91. The predicted molar refractivity (Wildman–Crippen MR) is 142 cm³/mol. The summed E-state index contributed by atoms with van der Waals surface area (Å²) in [6.45, 7) is 6.76. The number of para-hydroxylation sites is 1. The second-order valence-electron chi connectivity index (χ2n) is 8.80. The zero-order valence-corrected chi connectivity index (χ0v) is 21.7. The van der Waals surface area contributed by atoms with Crippen molar-refractivity contribution in [3.05, 3.63) is 86.8 Å². The van der Waals surface area contributed by atoms with Crippen LogP contribution in [0.15, 0.2) is 59.4 Å². The lowest BCUT2D eigenvalue weighted by atomic mass is 10.2. The number of halogens is 1. The summed E-state index contributed by atoms with van der Waals surface area (Å²) in [5, 5.41) is 8.01. The average molecular weight is 524 g/mol. The van der Waals surface area contributed by atoms with E-state index in [0.29, 0.717) is 49.1 Å². The molecule has 0 unspecified atom stereocenters. The first-order valence-corrected chi connectivity index (χ1v) is 12.6. The van der Waals surface area contributed by atoms with E-state index in [4.69, 9.17) is 16.3 Å². The molecule has 0 atom stereocenters. The van der Waals surface area contributed by atoms with Crippen molar-refractivity contribution < 1.29 is 14.3 Å². The van der Waals surface area contributed by atoms with Crippen LogP contribution in [-0.2, 0) is 16.1 Å². The number of rotatable bonds is 8. The van der Waals surface area contributed by atoms with Gasteiger partial charge in [-0.3, -0.25) is 14.5 Å². The molecule has 2 aromatic carbocycles. The number of nitrogens with one attached hydrogen (secondary N) is 1. The number of ether oxygens (including phenoxy) is 1. The van der Waals surface area contributed by atoms with E-state index in [1.54, 1.807) is 25.1 Å². The number of nitrogens with zero attached hydrogens (tertiary/aromatic N) is 4. The molecular weight excluding hydrogens is 494 g/mol. The van der Waals surface area contributed by atoms with Crippen LogP contribution in [0.25, 0.3) is 5.69 Å². The van der Waals surface area contributed by atoms with Crippen LogP contribution in [0.4, 0.5) is 5.69 Å². The molecule has 10 heteroatoms. The molecule has 1 aliphatic heterocycles. The lowest BCUT2D eigenvalue weighted by Gasteiger charge is -2.36. The van der Waals surface area contributed by atoms with E-state index in [-0.39, 0.29) is 30.3 Å². The first kappa shape index (κ1) is 26.4. The highest BCUT2D eigenvalue weighted by Crippen LogP contribution is 2.21. The molecule has 37 heavy (non-hydrogen) atoms. The monoisotopic (exact) mass is 523 g/mol. The summed E-state index contributed by atoms with van der Waals surface area (Å²) in [7, 11) is 0. The van der Waals surface area contributed by atoms with E-state index in [0.717, 1.165) is 11.1 Å². The summed E-state index contributed by atoms with van der Waals surface area (Å²) < 4.78 is 6.49. The standard InChI is InChI=1S/C27H30ClN5O4/c1-3-37-27(36)26-23(16-25(35)33(30-26)22-7-5-4-6-19(22)2)32-14-12-31(13-15-32)18-24(34)29-17-20-8-10-21(28)11-9-20/h4-11,16H,3,12-15,17-18H2,1-2H3,(H,29,34). The minimum absolute atomic E-state index is 0.0712. The average Bonchev–Trinajstić information content (AvgIpc) is 2.89. The van der Waals surface area contributed by atoms with Crippen LogP contribution >= 0.6 is 11.6 Å². The molecule has 0 spiro atoms. The molecule has 1 fully saturated rings. The van der Waals surface area contributed by atoms with Crippen LogP contribution in [0.5, 0.6) is 0 Å². The molecule has 0 saturated carbocycles. The number of hydrogen-bond acceptors (Lipinski definition) is 7. The van der Waals surface area contributed by atoms with Crippen LogP contribution in [0.1, 0.15) is 28.5 Å². The summed E-state index contributed by atoms with van der Waals surface area (Å²) in [6, 6.07) is 16.2.